The van der Waals surface area contributed by atoms with Gasteiger partial charge in [-0.2, -0.15) is 0 Å². The minimum atomic E-state index is -1.16. The highest BCUT2D eigenvalue weighted by atomic mass is 16.4. The fraction of sp³-hybridized carbons (Fsp3) is 0.333. The molecule has 0 spiro atoms. The Labute approximate surface area is 141 Å². The first-order valence-electron chi connectivity index (χ1n) is 7.97. The summed E-state index contributed by atoms with van der Waals surface area (Å²) in [5, 5.41) is 8.86. The van der Waals surface area contributed by atoms with Gasteiger partial charge in [0.2, 0.25) is 0 Å². The molecule has 1 aromatic heterocycles. The van der Waals surface area contributed by atoms with E-state index in [1.807, 2.05) is 44.2 Å². The number of amides is 1. The number of rotatable bonds is 7. The van der Waals surface area contributed by atoms with Crippen LogP contribution in [-0.2, 0) is 6.42 Å². The van der Waals surface area contributed by atoms with Crippen molar-refractivity contribution >= 4 is 11.9 Å². The molecule has 1 unspecified atom stereocenters. The van der Waals surface area contributed by atoms with E-state index in [1.54, 1.807) is 4.90 Å². The molecule has 24 heavy (non-hydrogen) atoms. The van der Waals surface area contributed by atoms with Gasteiger partial charge in [-0.25, -0.2) is 14.8 Å². The van der Waals surface area contributed by atoms with Crippen LogP contribution in [0.25, 0.3) is 0 Å². The number of aromatic carboxylic acids is 1. The molecule has 2 aromatic rings. The zero-order valence-corrected chi connectivity index (χ0v) is 13.8. The van der Waals surface area contributed by atoms with E-state index in [4.69, 9.17) is 5.11 Å². The van der Waals surface area contributed by atoms with Crippen LogP contribution in [0, 0.1) is 0 Å². The van der Waals surface area contributed by atoms with E-state index in [9.17, 15) is 9.59 Å². The Morgan fingerprint density at radius 2 is 1.71 bits per heavy atom. The second kappa shape index (κ2) is 8.19. The standard InChI is InChI=1S/C18H21N3O3/c1-3-14(10-13-8-6-5-7-9-13)21(4-2)17(22)15-11-20-16(12-19-15)18(23)24/h5-9,11-12,14H,3-4,10H2,1-2H3,(H,23,24). The van der Waals surface area contributed by atoms with Gasteiger partial charge in [-0.15, -0.1) is 0 Å². The second-order valence-corrected chi connectivity index (χ2v) is 5.43. The SMILES string of the molecule is CCC(Cc1ccccc1)N(CC)C(=O)c1cnc(C(=O)O)cn1. The van der Waals surface area contributed by atoms with Gasteiger partial charge in [0.25, 0.3) is 5.91 Å². The molecule has 1 heterocycles. The van der Waals surface area contributed by atoms with Crippen molar-refractivity contribution in [1.82, 2.24) is 14.9 Å². The van der Waals surface area contributed by atoms with Crippen LogP contribution in [0.1, 0.15) is 46.8 Å². The average Bonchev–Trinajstić information content (AvgIpc) is 2.62. The average molecular weight is 327 g/mol. The Kier molecular flexibility index (Phi) is 6.01. The van der Waals surface area contributed by atoms with Gasteiger partial charge in [0.15, 0.2) is 5.69 Å². The minimum Gasteiger partial charge on any atom is -0.476 e. The van der Waals surface area contributed by atoms with E-state index in [2.05, 4.69) is 9.97 Å². The summed E-state index contributed by atoms with van der Waals surface area (Å²) < 4.78 is 0. The molecule has 0 aliphatic rings. The molecule has 0 aliphatic heterocycles. The Hall–Kier alpha value is -2.76. The number of hydrogen-bond acceptors (Lipinski definition) is 4. The maximum Gasteiger partial charge on any atom is 0.356 e. The topological polar surface area (TPSA) is 83.4 Å². The molecule has 2 rings (SSSR count). The highest BCUT2D eigenvalue weighted by molar-refractivity contribution is 5.93. The number of carbonyl (C=O) groups is 2. The Morgan fingerprint density at radius 1 is 1.08 bits per heavy atom. The highest BCUT2D eigenvalue weighted by Crippen LogP contribution is 2.15. The van der Waals surface area contributed by atoms with E-state index in [0.29, 0.717) is 6.54 Å². The summed E-state index contributed by atoms with van der Waals surface area (Å²) in [4.78, 5) is 33.1. The molecular weight excluding hydrogens is 306 g/mol. The fourth-order valence-electron chi connectivity index (χ4n) is 2.62. The summed E-state index contributed by atoms with van der Waals surface area (Å²) in [5.41, 5.74) is 1.15. The molecule has 0 saturated heterocycles. The number of carbonyl (C=O) groups excluding carboxylic acids is 1. The molecule has 1 aromatic carbocycles. The molecule has 0 radical (unpaired) electrons. The van der Waals surface area contributed by atoms with E-state index in [1.165, 1.54) is 11.8 Å². The van der Waals surface area contributed by atoms with Crippen molar-refractivity contribution in [2.75, 3.05) is 6.54 Å². The third-order valence-electron chi connectivity index (χ3n) is 3.92. The number of nitrogens with zero attached hydrogens (tertiary/aromatic N) is 3. The first kappa shape index (κ1) is 17.6. The van der Waals surface area contributed by atoms with Gasteiger partial charge in [-0.3, -0.25) is 4.79 Å². The third-order valence-corrected chi connectivity index (χ3v) is 3.92. The number of aromatic nitrogens is 2. The molecule has 1 amide bonds. The molecule has 0 aliphatic carbocycles. The summed E-state index contributed by atoms with van der Waals surface area (Å²) in [7, 11) is 0. The molecule has 0 fully saturated rings. The van der Waals surface area contributed by atoms with Gasteiger partial charge < -0.3 is 10.0 Å². The smallest absolute Gasteiger partial charge is 0.356 e. The zero-order chi connectivity index (χ0) is 17.5. The number of likely N-dealkylation sites (N-methyl/N-ethyl adjacent to an activating group) is 1. The van der Waals surface area contributed by atoms with Crippen LogP contribution in [0.4, 0.5) is 0 Å². The van der Waals surface area contributed by atoms with E-state index in [-0.39, 0.29) is 23.3 Å². The summed E-state index contributed by atoms with van der Waals surface area (Å²) in [6.07, 6.45) is 3.91. The quantitative estimate of drug-likeness (QED) is 0.845. The van der Waals surface area contributed by atoms with Gasteiger partial charge >= 0.3 is 5.97 Å². The normalized spacial score (nSPS) is 11.8. The maximum atomic E-state index is 12.7. The van der Waals surface area contributed by atoms with Crippen molar-refractivity contribution in [3.8, 4) is 0 Å². The molecule has 1 atom stereocenters. The number of hydrogen-bond donors (Lipinski definition) is 1. The Balaban J connectivity index is 2.18. The molecule has 6 nitrogen and oxygen atoms in total. The Morgan fingerprint density at radius 3 is 2.21 bits per heavy atom. The lowest BCUT2D eigenvalue weighted by Crippen LogP contribution is -2.41. The van der Waals surface area contributed by atoms with Crippen molar-refractivity contribution in [3.05, 3.63) is 59.7 Å². The molecule has 0 bridgehead atoms. The van der Waals surface area contributed by atoms with Crippen molar-refractivity contribution in [3.63, 3.8) is 0 Å². The minimum absolute atomic E-state index is 0.0471. The number of benzene rings is 1. The van der Waals surface area contributed by atoms with E-state index in [0.717, 1.165) is 19.0 Å². The lowest BCUT2D eigenvalue weighted by molar-refractivity contribution is 0.0665. The van der Waals surface area contributed by atoms with Gasteiger partial charge in [0, 0.05) is 12.6 Å². The van der Waals surface area contributed by atoms with Crippen LogP contribution in [0.2, 0.25) is 0 Å². The van der Waals surface area contributed by atoms with E-state index >= 15 is 0 Å². The number of carboxylic acid groups (broad SMARTS) is 1. The Bertz CT molecular complexity index is 686. The summed E-state index contributed by atoms with van der Waals surface area (Å²) in [6.45, 7) is 4.51. The van der Waals surface area contributed by atoms with Crippen LogP contribution in [0.5, 0.6) is 0 Å². The zero-order valence-electron chi connectivity index (χ0n) is 13.8. The van der Waals surface area contributed by atoms with Gasteiger partial charge in [-0.05, 0) is 25.3 Å². The van der Waals surface area contributed by atoms with Crippen molar-refractivity contribution in [1.29, 1.82) is 0 Å². The summed E-state index contributed by atoms with van der Waals surface area (Å²) in [5.74, 6) is -1.39. The molecule has 1 N–H and O–H groups in total. The van der Waals surface area contributed by atoms with Crippen LogP contribution in [0.15, 0.2) is 42.7 Å². The lowest BCUT2D eigenvalue weighted by Gasteiger charge is -2.30. The van der Waals surface area contributed by atoms with Gasteiger partial charge in [0.05, 0.1) is 12.4 Å². The predicted molar refractivity (Wildman–Crippen MR) is 89.9 cm³/mol. The van der Waals surface area contributed by atoms with E-state index < -0.39 is 5.97 Å². The van der Waals surface area contributed by atoms with Crippen molar-refractivity contribution in [2.45, 2.75) is 32.7 Å². The monoisotopic (exact) mass is 327 g/mol. The first-order chi connectivity index (χ1) is 11.6. The van der Waals surface area contributed by atoms with Crippen LogP contribution in [-0.4, -0.2) is 44.4 Å². The number of carboxylic acids is 1. The second-order valence-electron chi connectivity index (χ2n) is 5.43. The lowest BCUT2D eigenvalue weighted by atomic mass is 10.0. The largest absolute Gasteiger partial charge is 0.476 e. The van der Waals surface area contributed by atoms with Crippen LogP contribution in [0.3, 0.4) is 0 Å². The maximum absolute atomic E-state index is 12.7. The van der Waals surface area contributed by atoms with Crippen molar-refractivity contribution < 1.29 is 14.7 Å². The van der Waals surface area contributed by atoms with Crippen LogP contribution >= 0.6 is 0 Å². The molecule has 0 saturated carbocycles. The van der Waals surface area contributed by atoms with Crippen LogP contribution < -0.4 is 0 Å². The summed E-state index contributed by atoms with van der Waals surface area (Å²) in [6, 6.07) is 10.1. The molecule has 6 heteroatoms. The summed E-state index contributed by atoms with van der Waals surface area (Å²) >= 11 is 0. The highest BCUT2D eigenvalue weighted by Gasteiger charge is 2.24. The van der Waals surface area contributed by atoms with Gasteiger partial charge in [0.1, 0.15) is 5.69 Å². The molecule has 126 valence electrons. The first-order valence-corrected chi connectivity index (χ1v) is 7.97. The van der Waals surface area contributed by atoms with Gasteiger partial charge in [-0.1, -0.05) is 37.3 Å². The predicted octanol–water partition coefficient (Wildman–Crippen LogP) is 2.66. The third kappa shape index (κ3) is 4.16. The van der Waals surface area contributed by atoms with Crippen molar-refractivity contribution in [2.24, 2.45) is 0 Å². The fourth-order valence-corrected chi connectivity index (χ4v) is 2.62. The molecular formula is C18H21N3O3.